The number of hydrogen-bond acceptors (Lipinski definition) is 5. The Kier molecular flexibility index (Phi) is 3.46. The Bertz CT molecular complexity index is 614. The standard InChI is InChI=1S/C10H8FN5O3/c11-8-2-1-6(16(18)19)3-7(8)10(17)12-4-9-13-5-14-15-9/h1-3,5H,4H2,(H,12,17)(H,13,14,15). The van der Waals surface area contributed by atoms with Crippen molar-refractivity contribution in [3.63, 3.8) is 0 Å². The van der Waals surface area contributed by atoms with Crippen molar-refractivity contribution in [2.75, 3.05) is 0 Å². The predicted molar refractivity (Wildman–Crippen MR) is 60.6 cm³/mol. The largest absolute Gasteiger partial charge is 0.345 e. The van der Waals surface area contributed by atoms with Crippen LogP contribution in [0.25, 0.3) is 0 Å². The van der Waals surface area contributed by atoms with Gasteiger partial charge in [-0.05, 0) is 6.07 Å². The molecule has 0 atom stereocenters. The van der Waals surface area contributed by atoms with E-state index in [1.165, 1.54) is 6.33 Å². The van der Waals surface area contributed by atoms with Gasteiger partial charge in [0.15, 0.2) is 0 Å². The highest BCUT2D eigenvalue weighted by Gasteiger charge is 2.16. The molecular weight excluding hydrogens is 257 g/mol. The van der Waals surface area contributed by atoms with Crippen molar-refractivity contribution in [1.82, 2.24) is 20.5 Å². The second-order valence-corrected chi connectivity index (χ2v) is 3.54. The first kappa shape index (κ1) is 12.6. The second-order valence-electron chi connectivity index (χ2n) is 3.54. The smallest absolute Gasteiger partial charge is 0.270 e. The molecule has 1 amide bonds. The number of hydrogen-bond donors (Lipinski definition) is 2. The number of nitro groups is 1. The number of aromatic amines is 1. The predicted octanol–water partition coefficient (Wildman–Crippen LogP) is 0.782. The normalized spacial score (nSPS) is 10.2. The van der Waals surface area contributed by atoms with E-state index in [2.05, 4.69) is 20.5 Å². The maximum atomic E-state index is 13.4. The molecule has 0 unspecified atom stereocenters. The average Bonchev–Trinajstić information content (AvgIpc) is 2.89. The van der Waals surface area contributed by atoms with Crippen LogP contribution in [0.2, 0.25) is 0 Å². The number of H-pyrrole nitrogens is 1. The van der Waals surface area contributed by atoms with Gasteiger partial charge in [-0.2, -0.15) is 5.10 Å². The van der Waals surface area contributed by atoms with Gasteiger partial charge in [-0.25, -0.2) is 9.37 Å². The molecule has 0 saturated heterocycles. The Morgan fingerprint density at radius 2 is 2.32 bits per heavy atom. The molecule has 0 bridgehead atoms. The summed E-state index contributed by atoms with van der Waals surface area (Å²) in [5.41, 5.74) is -0.750. The molecule has 0 fully saturated rings. The Morgan fingerprint density at radius 1 is 1.53 bits per heavy atom. The van der Waals surface area contributed by atoms with E-state index in [4.69, 9.17) is 0 Å². The highest BCUT2D eigenvalue weighted by Crippen LogP contribution is 2.16. The number of nitro benzene ring substituents is 1. The van der Waals surface area contributed by atoms with E-state index in [-0.39, 0.29) is 12.2 Å². The molecule has 0 aliphatic carbocycles. The molecule has 0 aliphatic rings. The maximum Gasteiger partial charge on any atom is 0.270 e. The Morgan fingerprint density at radius 3 is 2.95 bits per heavy atom. The Hall–Kier alpha value is -2.84. The van der Waals surface area contributed by atoms with E-state index >= 15 is 0 Å². The van der Waals surface area contributed by atoms with Crippen LogP contribution in [-0.4, -0.2) is 26.0 Å². The number of nitrogens with one attached hydrogen (secondary N) is 2. The quantitative estimate of drug-likeness (QED) is 0.626. The minimum atomic E-state index is -0.833. The minimum Gasteiger partial charge on any atom is -0.345 e. The summed E-state index contributed by atoms with van der Waals surface area (Å²) in [6.07, 6.45) is 1.26. The van der Waals surface area contributed by atoms with Crippen LogP contribution in [0.4, 0.5) is 10.1 Å². The molecule has 2 aromatic rings. The summed E-state index contributed by atoms with van der Waals surface area (Å²) in [6, 6.07) is 2.75. The maximum absolute atomic E-state index is 13.4. The third-order valence-corrected chi connectivity index (χ3v) is 2.29. The van der Waals surface area contributed by atoms with Gasteiger partial charge >= 0.3 is 0 Å². The van der Waals surface area contributed by atoms with Gasteiger partial charge in [-0.1, -0.05) is 0 Å². The number of amides is 1. The molecule has 8 nitrogen and oxygen atoms in total. The SMILES string of the molecule is O=C(NCc1ncn[nH]1)c1cc([N+](=O)[O-])ccc1F. The first-order chi connectivity index (χ1) is 9.08. The van der Waals surface area contributed by atoms with Gasteiger partial charge in [-0.3, -0.25) is 20.0 Å². The van der Waals surface area contributed by atoms with Gasteiger partial charge in [0.1, 0.15) is 18.0 Å². The van der Waals surface area contributed by atoms with Crippen LogP contribution in [0.15, 0.2) is 24.5 Å². The van der Waals surface area contributed by atoms with Crippen molar-refractivity contribution in [3.05, 3.63) is 51.8 Å². The molecule has 0 aliphatic heterocycles. The van der Waals surface area contributed by atoms with E-state index < -0.39 is 22.2 Å². The molecule has 2 rings (SSSR count). The Balaban J connectivity index is 2.14. The number of halogens is 1. The summed E-state index contributed by atoms with van der Waals surface area (Å²) in [6.45, 7) is 0.0148. The average molecular weight is 265 g/mol. The molecule has 1 aromatic heterocycles. The molecule has 19 heavy (non-hydrogen) atoms. The molecule has 0 radical (unpaired) electrons. The van der Waals surface area contributed by atoms with Crippen LogP contribution >= 0.6 is 0 Å². The number of nitrogens with zero attached hydrogens (tertiary/aromatic N) is 3. The zero-order chi connectivity index (χ0) is 13.8. The summed E-state index contributed by atoms with van der Waals surface area (Å²) in [7, 11) is 0. The van der Waals surface area contributed by atoms with E-state index in [1.807, 2.05) is 0 Å². The molecular formula is C10H8FN5O3. The van der Waals surface area contributed by atoms with Crippen LogP contribution < -0.4 is 5.32 Å². The van der Waals surface area contributed by atoms with Gasteiger partial charge in [0, 0.05) is 12.1 Å². The lowest BCUT2D eigenvalue weighted by Gasteiger charge is -2.04. The second kappa shape index (κ2) is 5.21. The number of benzene rings is 1. The van der Waals surface area contributed by atoms with Gasteiger partial charge in [0.2, 0.25) is 0 Å². The van der Waals surface area contributed by atoms with Gasteiger partial charge in [0.25, 0.3) is 11.6 Å². The molecule has 98 valence electrons. The lowest BCUT2D eigenvalue weighted by molar-refractivity contribution is -0.384. The Labute approximate surface area is 105 Å². The van der Waals surface area contributed by atoms with Crippen LogP contribution in [0, 0.1) is 15.9 Å². The summed E-state index contributed by atoms with van der Waals surface area (Å²) in [5, 5.41) is 19.0. The van der Waals surface area contributed by atoms with Crippen LogP contribution in [-0.2, 0) is 6.54 Å². The first-order valence-corrected chi connectivity index (χ1v) is 5.14. The number of rotatable bonds is 4. The summed E-state index contributed by atoms with van der Waals surface area (Å²) < 4.78 is 13.4. The van der Waals surface area contributed by atoms with Gasteiger partial charge in [0.05, 0.1) is 17.0 Å². The van der Waals surface area contributed by atoms with E-state index in [1.54, 1.807) is 0 Å². The molecule has 1 heterocycles. The summed E-state index contributed by atoms with van der Waals surface area (Å²) >= 11 is 0. The number of non-ortho nitro benzene ring substituents is 1. The summed E-state index contributed by atoms with van der Waals surface area (Å²) in [5.74, 6) is -1.21. The number of aromatic nitrogens is 3. The molecule has 9 heteroatoms. The topological polar surface area (TPSA) is 114 Å². The zero-order valence-electron chi connectivity index (χ0n) is 9.46. The highest BCUT2D eigenvalue weighted by atomic mass is 19.1. The van der Waals surface area contributed by atoms with E-state index in [0.29, 0.717) is 5.82 Å². The first-order valence-electron chi connectivity index (χ1n) is 5.14. The van der Waals surface area contributed by atoms with Gasteiger partial charge in [-0.15, -0.1) is 0 Å². The fourth-order valence-electron chi connectivity index (χ4n) is 1.38. The van der Waals surface area contributed by atoms with Crippen molar-refractivity contribution >= 4 is 11.6 Å². The van der Waals surface area contributed by atoms with Crippen molar-refractivity contribution in [2.45, 2.75) is 6.54 Å². The zero-order valence-corrected chi connectivity index (χ0v) is 9.46. The molecule has 1 aromatic carbocycles. The van der Waals surface area contributed by atoms with Crippen LogP contribution in [0.5, 0.6) is 0 Å². The van der Waals surface area contributed by atoms with Crippen LogP contribution in [0.3, 0.4) is 0 Å². The number of carbonyl (C=O) groups excluding carboxylic acids is 1. The van der Waals surface area contributed by atoms with Gasteiger partial charge < -0.3 is 5.32 Å². The van der Waals surface area contributed by atoms with Crippen LogP contribution in [0.1, 0.15) is 16.2 Å². The molecule has 0 spiro atoms. The van der Waals surface area contributed by atoms with Crippen molar-refractivity contribution < 1.29 is 14.1 Å². The lowest BCUT2D eigenvalue weighted by atomic mass is 10.1. The third-order valence-electron chi connectivity index (χ3n) is 2.29. The fourth-order valence-corrected chi connectivity index (χ4v) is 1.38. The minimum absolute atomic E-state index is 0.0148. The van der Waals surface area contributed by atoms with Crippen molar-refractivity contribution in [2.24, 2.45) is 0 Å². The summed E-state index contributed by atoms with van der Waals surface area (Å²) in [4.78, 5) is 25.3. The highest BCUT2D eigenvalue weighted by molar-refractivity contribution is 5.95. The third kappa shape index (κ3) is 2.89. The van der Waals surface area contributed by atoms with Crippen molar-refractivity contribution in [3.8, 4) is 0 Å². The van der Waals surface area contributed by atoms with E-state index in [0.717, 1.165) is 18.2 Å². The van der Waals surface area contributed by atoms with Crippen molar-refractivity contribution in [1.29, 1.82) is 0 Å². The molecule has 2 N–H and O–H groups in total. The lowest BCUT2D eigenvalue weighted by Crippen LogP contribution is -2.24. The molecule has 0 saturated carbocycles. The monoisotopic (exact) mass is 265 g/mol. The van der Waals surface area contributed by atoms with E-state index in [9.17, 15) is 19.3 Å². The number of carbonyl (C=O) groups is 1. The fraction of sp³-hybridized carbons (Fsp3) is 0.100.